The molecule has 0 heterocycles. The van der Waals surface area contributed by atoms with E-state index in [2.05, 4.69) is 12.6 Å². The zero-order valence-corrected chi connectivity index (χ0v) is 6.38. The standard InChI is InChI=1S/C8H7BS/c9-5-7-3-1-2-4-8(7)6-10/h1-6,10H/b7-5-,8-6-. The van der Waals surface area contributed by atoms with E-state index in [0.29, 0.717) is 0 Å². The molecule has 0 saturated heterocycles. The lowest BCUT2D eigenvalue weighted by Crippen LogP contribution is -2.22. The van der Waals surface area contributed by atoms with Gasteiger partial charge in [0, 0.05) is 0 Å². The van der Waals surface area contributed by atoms with Crippen LogP contribution >= 0.6 is 12.6 Å². The average molecular weight is 146 g/mol. The Morgan fingerprint density at radius 1 is 1.20 bits per heavy atom. The minimum Gasteiger partial charge on any atom is -0.151 e. The van der Waals surface area contributed by atoms with Crippen molar-refractivity contribution in [3.63, 3.8) is 0 Å². The Morgan fingerprint density at radius 2 is 1.80 bits per heavy atom. The highest BCUT2D eigenvalue weighted by Crippen LogP contribution is 1.73. The van der Waals surface area contributed by atoms with Crippen LogP contribution in [0.15, 0.2) is 24.3 Å². The molecule has 0 N–H and O–H groups in total. The van der Waals surface area contributed by atoms with Gasteiger partial charge in [0.2, 0.25) is 0 Å². The number of thiol groups is 1. The fourth-order valence-electron chi connectivity index (χ4n) is 0.780. The molecule has 48 valence electrons. The molecule has 0 spiro atoms. The predicted molar refractivity (Wildman–Crippen MR) is 49.4 cm³/mol. The highest BCUT2D eigenvalue weighted by Gasteiger charge is 1.77. The van der Waals surface area contributed by atoms with Crippen molar-refractivity contribution in [2.75, 3.05) is 0 Å². The Hall–Kier alpha value is -0.625. The second kappa shape index (κ2) is 3.52. The molecule has 0 aliphatic carbocycles. The van der Waals surface area contributed by atoms with Crippen LogP contribution in [0.3, 0.4) is 0 Å². The van der Waals surface area contributed by atoms with E-state index in [4.69, 9.17) is 7.85 Å². The van der Waals surface area contributed by atoms with Crippen molar-refractivity contribution in [3.8, 4) is 0 Å². The van der Waals surface area contributed by atoms with Gasteiger partial charge in [0.1, 0.15) is 7.85 Å². The zero-order valence-electron chi connectivity index (χ0n) is 5.49. The van der Waals surface area contributed by atoms with Crippen LogP contribution in [0.1, 0.15) is 0 Å². The lowest BCUT2D eigenvalue weighted by Gasteiger charge is -1.85. The van der Waals surface area contributed by atoms with Gasteiger partial charge in [-0.3, -0.25) is 0 Å². The average Bonchev–Trinajstić information content (AvgIpc) is 2.04. The Kier molecular flexibility index (Phi) is 2.63. The largest absolute Gasteiger partial charge is 0.151 e. The molecule has 1 aromatic rings. The van der Waals surface area contributed by atoms with Gasteiger partial charge in [-0.25, -0.2) is 0 Å². The van der Waals surface area contributed by atoms with Gasteiger partial charge >= 0.3 is 0 Å². The summed E-state index contributed by atoms with van der Waals surface area (Å²) in [6, 6.07) is 7.81. The first-order valence-corrected chi connectivity index (χ1v) is 3.51. The summed E-state index contributed by atoms with van der Waals surface area (Å²) in [5.74, 6) is 1.57. The van der Waals surface area contributed by atoms with Gasteiger partial charge in [-0.2, -0.15) is 12.6 Å². The smallest absolute Gasteiger partial charge is 0.103 e. The van der Waals surface area contributed by atoms with Gasteiger partial charge in [-0.05, 0) is 15.8 Å². The first-order chi connectivity index (χ1) is 4.88. The number of hydrogen-bond acceptors (Lipinski definition) is 1. The molecule has 2 radical (unpaired) electrons. The number of rotatable bonds is 0. The summed E-state index contributed by atoms with van der Waals surface area (Å²) >= 11 is 4.03. The molecule has 1 rings (SSSR count). The summed E-state index contributed by atoms with van der Waals surface area (Å²) in [5.41, 5.74) is 0. The molecule has 0 atom stereocenters. The third-order valence-corrected chi connectivity index (χ3v) is 1.59. The van der Waals surface area contributed by atoms with Crippen LogP contribution in [0.5, 0.6) is 0 Å². The highest BCUT2D eigenvalue weighted by atomic mass is 32.1. The number of hydrogen-bond donors (Lipinski definition) is 1. The maximum atomic E-state index is 5.35. The third-order valence-electron chi connectivity index (χ3n) is 1.31. The van der Waals surface area contributed by atoms with Crippen molar-refractivity contribution >= 4 is 31.9 Å². The molecule has 0 nitrogen and oxygen atoms in total. The van der Waals surface area contributed by atoms with E-state index >= 15 is 0 Å². The quantitative estimate of drug-likeness (QED) is 0.394. The Balaban J connectivity index is 3.53. The first-order valence-electron chi connectivity index (χ1n) is 3.00. The van der Waals surface area contributed by atoms with Gasteiger partial charge in [0.05, 0.1) is 0 Å². The summed E-state index contributed by atoms with van der Waals surface area (Å²) < 4.78 is 0. The topological polar surface area (TPSA) is 0 Å². The molecule has 10 heavy (non-hydrogen) atoms. The van der Waals surface area contributed by atoms with Crippen molar-refractivity contribution in [2.24, 2.45) is 0 Å². The molecule has 0 saturated carbocycles. The van der Waals surface area contributed by atoms with E-state index in [-0.39, 0.29) is 0 Å². The summed E-state index contributed by atoms with van der Waals surface area (Å²) in [6.45, 7) is 0. The van der Waals surface area contributed by atoms with Gasteiger partial charge in [0.15, 0.2) is 0 Å². The van der Waals surface area contributed by atoms with Crippen LogP contribution in [-0.2, 0) is 0 Å². The third kappa shape index (κ3) is 1.45. The fraction of sp³-hybridized carbons (Fsp3) is 0. The fourth-order valence-corrected chi connectivity index (χ4v) is 1.02. The minimum absolute atomic E-state index is 1.01. The monoisotopic (exact) mass is 146 g/mol. The van der Waals surface area contributed by atoms with Crippen molar-refractivity contribution in [1.82, 2.24) is 0 Å². The van der Waals surface area contributed by atoms with E-state index < -0.39 is 0 Å². The van der Waals surface area contributed by atoms with Crippen LogP contribution < -0.4 is 10.4 Å². The van der Waals surface area contributed by atoms with Gasteiger partial charge < -0.3 is 0 Å². The molecule has 0 unspecified atom stereocenters. The van der Waals surface area contributed by atoms with Gasteiger partial charge in [-0.1, -0.05) is 24.3 Å². The van der Waals surface area contributed by atoms with Gasteiger partial charge in [0.25, 0.3) is 0 Å². The van der Waals surface area contributed by atoms with E-state index in [1.165, 1.54) is 0 Å². The van der Waals surface area contributed by atoms with Crippen molar-refractivity contribution in [2.45, 2.75) is 0 Å². The lowest BCUT2D eigenvalue weighted by molar-refractivity contribution is 1.54. The van der Waals surface area contributed by atoms with Crippen molar-refractivity contribution in [1.29, 1.82) is 0 Å². The molecule has 0 bridgehead atoms. The predicted octanol–water partition coefficient (Wildman–Crippen LogP) is 0.261. The molecule has 0 amide bonds. The minimum atomic E-state index is 1.01. The molecule has 0 aliphatic heterocycles. The summed E-state index contributed by atoms with van der Waals surface area (Å²) in [7, 11) is 5.35. The Bertz CT molecular complexity index is 283. The van der Waals surface area contributed by atoms with Crippen LogP contribution in [0, 0.1) is 0 Å². The van der Waals surface area contributed by atoms with E-state index in [1.807, 2.05) is 24.3 Å². The molecule has 2 heteroatoms. The van der Waals surface area contributed by atoms with Crippen molar-refractivity contribution in [3.05, 3.63) is 34.7 Å². The van der Waals surface area contributed by atoms with Crippen LogP contribution in [0.25, 0.3) is 11.4 Å². The Morgan fingerprint density at radius 3 is 2.20 bits per heavy atom. The van der Waals surface area contributed by atoms with Gasteiger partial charge in [-0.15, -0.1) is 5.98 Å². The molecular formula is C8H7BS. The van der Waals surface area contributed by atoms with E-state index in [1.54, 1.807) is 11.4 Å². The summed E-state index contributed by atoms with van der Waals surface area (Å²) in [6.07, 6.45) is 0. The normalized spacial score (nSPS) is 14.1. The Labute approximate surface area is 67.1 Å². The molecular weight excluding hydrogens is 139 g/mol. The van der Waals surface area contributed by atoms with Crippen LogP contribution in [-0.4, -0.2) is 7.85 Å². The SMILES string of the molecule is [B]/C=c1/cccc/c1=C/S. The molecule has 0 aliphatic rings. The van der Waals surface area contributed by atoms with Crippen molar-refractivity contribution < 1.29 is 0 Å². The second-order valence-corrected chi connectivity index (χ2v) is 2.18. The maximum Gasteiger partial charge on any atom is 0.103 e. The highest BCUT2D eigenvalue weighted by molar-refractivity contribution is 7.88. The molecule has 0 aromatic heterocycles. The first kappa shape index (κ1) is 7.48. The van der Waals surface area contributed by atoms with Crippen LogP contribution in [0.4, 0.5) is 0 Å². The summed E-state index contributed by atoms with van der Waals surface area (Å²) in [4.78, 5) is 0. The zero-order chi connectivity index (χ0) is 7.40. The summed E-state index contributed by atoms with van der Waals surface area (Å²) in [5, 5.41) is 3.80. The molecule has 1 aromatic carbocycles. The van der Waals surface area contributed by atoms with E-state index in [9.17, 15) is 0 Å². The maximum absolute atomic E-state index is 5.35. The second-order valence-electron chi connectivity index (χ2n) is 1.92. The van der Waals surface area contributed by atoms with E-state index in [0.717, 1.165) is 10.4 Å². The van der Waals surface area contributed by atoms with Crippen LogP contribution in [0.2, 0.25) is 0 Å². The lowest BCUT2D eigenvalue weighted by atomic mass is 10.1. The molecule has 0 fully saturated rings. The number of benzene rings is 1.